The van der Waals surface area contributed by atoms with Crippen molar-refractivity contribution < 1.29 is 19.4 Å². The summed E-state index contributed by atoms with van der Waals surface area (Å²) in [6.45, 7) is 1.73. The molecule has 5 nitrogen and oxygen atoms in total. The van der Waals surface area contributed by atoms with Gasteiger partial charge in [0.1, 0.15) is 0 Å². The van der Waals surface area contributed by atoms with Gasteiger partial charge in [-0.25, -0.2) is 4.79 Å². The number of morpholine rings is 1. The molecule has 1 heterocycles. The molecule has 1 N–H and O–H groups in total. The van der Waals surface area contributed by atoms with E-state index in [1.807, 2.05) is 23.1 Å². The Hall–Kier alpha value is -2.66. The van der Waals surface area contributed by atoms with Gasteiger partial charge in [0.25, 0.3) is 5.91 Å². The molecule has 1 saturated heterocycles. The minimum atomic E-state index is -0.998. The summed E-state index contributed by atoms with van der Waals surface area (Å²) in [4.78, 5) is 26.7. The monoisotopic (exact) mass is 351 g/mol. The van der Waals surface area contributed by atoms with Crippen molar-refractivity contribution in [1.29, 1.82) is 0 Å². The molecule has 2 aromatic rings. The zero-order valence-electron chi connectivity index (χ0n) is 14.5. The Bertz CT molecular complexity index is 857. The van der Waals surface area contributed by atoms with Crippen LogP contribution in [-0.4, -0.2) is 47.2 Å². The smallest absolute Gasteiger partial charge is 0.336 e. The van der Waals surface area contributed by atoms with Crippen LogP contribution in [0.15, 0.2) is 48.5 Å². The number of rotatable bonds is 3. The number of carboxylic acid groups (broad SMARTS) is 1. The van der Waals surface area contributed by atoms with Gasteiger partial charge in [-0.2, -0.15) is 0 Å². The van der Waals surface area contributed by atoms with Crippen LogP contribution in [0.25, 0.3) is 11.1 Å². The van der Waals surface area contributed by atoms with Crippen LogP contribution in [0.2, 0.25) is 0 Å². The van der Waals surface area contributed by atoms with E-state index in [1.54, 1.807) is 30.3 Å². The largest absolute Gasteiger partial charge is 0.478 e. The van der Waals surface area contributed by atoms with E-state index in [-0.39, 0.29) is 17.1 Å². The lowest BCUT2D eigenvalue weighted by Crippen LogP contribution is -2.57. The van der Waals surface area contributed by atoms with Gasteiger partial charge in [0, 0.05) is 12.1 Å². The Morgan fingerprint density at radius 2 is 1.58 bits per heavy atom. The lowest BCUT2D eigenvalue weighted by Gasteiger charge is -2.48. The van der Waals surface area contributed by atoms with E-state index in [9.17, 15) is 14.7 Å². The highest BCUT2D eigenvalue weighted by atomic mass is 16.5. The lowest BCUT2D eigenvalue weighted by molar-refractivity contribution is -0.142. The topological polar surface area (TPSA) is 66.8 Å². The highest BCUT2D eigenvalue weighted by Crippen LogP contribution is 2.39. The predicted octanol–water partition coefficient (Wildman–Crippen LogP) is 3.45. The minimum Gasteiger partial charge on any atom is -0.478 e. The number of hydrogen-bond acceptors (Lipinski definition) is 3. The van der Waals surface area contributed by atoms with Crippen LogP contribution in [0.1, 0.15) is 40.0 Å². The quantitative estimate of drug-likeness (QED) is 0.920. The van der Waals surface area contributed by atoms with Gasteiger partial charge in [0.2, 0.25) is 0 Å². The van der Waals surface area contributed by atoms with E-state index in [1.165, 1.54) is 0 Å². The summed E-state index contributed by atoms with van der Waals surface area (Å²) in [6, 6.07) is 14.0. The van der Waals surface area contributed by atoms with Crippen molar-refractivity contribution in [1.82, 2.24) is 4.90 Å². The molecule has 4 rings (SSSR count). The van der Waals surface area contributed by atoms with Crippen LogP contribution in [0.4, 0.5) is 0 Å². The van der Waals surface area contributed by atoms with Crippen molar-refractivity contribution >= 4 is 11.9 Å². The molecule has 0 bridgehead atoms. The van der Waals surface area contributed by atoms with Crippen LogP contribution in [0.5, 0.6) is 0 Å². The molecular weight excluding hydrogens is 330 g/mol. The summed E-state index contributed by atoms with van der Waals surface area (Å²) >= 11 is 0. The minimum absolute atomic E-state index is 0.0598. The summed E-state index contributed by atoms with van der Waals surface area (Å²) in [6.07, 6.45) is 3.14. The number of amides is 1. The third-order valence-corrected chi connectivity index (χ3v) is 5.41. The Morgan fingerprint density at radius 3 is 2.19 bits per heavy atom. The van der Waals surface area contributed by atoms with Gasteiger partial charge in [-0.3, -0.25) is 4.79 Å². The maximum absolute atomic E-state index is 13.2. The molecule has 1 saturated carbocycles. The van der Waals surface area contributed by atoms with Gasteiger partial charge in [0.15, 0.2) is 0 Å². The summed E-state index contributed by atoms with van der Waals surface area (Å²) < 4.78 is 5.91. The Labute approximate surface area is 152 Å². The molecule has 2 aromatic carbocycles. The maximum atomic E-state index is 13.2. The van der Waals surface area contributed by atoms with Crippen LogP contribution in [-0.2, 0) is 4.74 Å². The SMILES string of the molecule is O=C(O)c1ccccc1-c1ccccc1C(=O)N1CCOC2(CCC2)C1. The predicted molar refractivity (Wildman–Crippen MR) is 97.3 cm³/mol. The fourth-order valence-electron chi connectivity index (χ4n) is 3.87. The Morgan fingerprint density at radius 1 is 0.962 bits per heavy atom. The average molecular weight is 351 g/mol. The molecule has 0 unspecified atom stereocenters. The normalized spacial score (nSPS) is 18.4. The Balaban J connectivity index is 1.70. The highest BCUT2D eigenvalue weighted by molar-refractivity contribution is 6.04. The van der Waals surface area contributed by atoms with Crippen molar-refractivity contribution in [2.45, 2.75) is 24.9 Å². The van der Waals surface area contributed by atoms with Gasteiger partial charge in [-0.05, 0) is 42.5 Å². The highest BCUT2D eigenvalue weighted by Gasteiger charge is 2.43. The van der Waals surface area contributed by atoms with E-state index in [2.05, 4.69) is 0 Å². The molecule has 2 aliphatic rings. The van der Waals surface area contributed by atoms with E-state index in [0.717, 1.165) is 19.3 Å². The first-order valence-corrected chi connectivity index (χ1v) is 8.95. The first-order chi connectivity index (χ1) is 12.6. The van der Waals surface area contributed by atoms with Crippen molar-refractivity contribution in [2.24, 2.45) is 0 Å². The van der Waals surface area contributed by atoms with Crippen molar-refractivity contribution in [3.63, 3.8) is 0 Å². The maximum Gasteiger partial charge on any atom is 0.336 e. The van der Waals surface area contributed by atoms with Crippen molar-refractivity contribution in [2.75, 3.05) is 19.7 Å². The molecule has 0 aromatic heterocycles. The Kier molecular flexibility index (Phi) is 4.24. The molecule has 0 atom stereocenters. The molecule has 1 amide bonds. The van der Waals surface area contributed by atoms with E-state index >= 15 is 0 Å². The van der Waals surface area contributed by atoms with Gasteiger partial charge >= 0.3 is 5.97 Å². The van der Waals surface area contributed by atoms with Gasteiger partial charge in [-0.15, -0.1) is 0 Å². The van der Waals surface area contributed by atoms with Gasteiger partial charge in [0.05, 0.1) is 24.3 Å². The van der Waals surface area contributed by atoms with Crippen LogP contribution < -0.4 is 0 Å². The van der Waals surface area contributed by atoms with E-state index < -0.39 is 5.97 Å². The number of carbonyl (C=O) groups excluding carboxylic acids is 1. The zero-order valence-corrected chi connectivity index (χ0v) is 14.5. The second kappa shape index (κ2) is 6.57. The molecular formula is C21H21NO4. The van der Waals surface area contributed by atoms with E-state index in [4.69, 9.17) is 4.74 Å². The first kappa shape index (κ1) is 16.8. The summed E-state index contributed by atoms with van der Waals surface area (Å²) in [5.74, 6) is -1.06. The molecule has 1 aliphatic carbocycles. The molecule has 1 aliphatic heterocycles. The third-order valence-electron chi connectivity index (χ3n) is 5.41. The molecule has 0 radical (unpaired) electrons. The van der Waals surface area contributed by atoms with Gasteiger partial charge in [-0.1, -0.05) is 36.4 Å². The number of ether oxygens (including phenoxy) is 1. The summed E-state index contributed by atoms with van der Waals surface area (Å²) in [5.41, 5.74) is 1.80. The number of benzene rings is 2. The lowest BCUT2D eigenvalue weighted by atomic mass is 9.78. The third kappa shape index (κ3) is 2.88. The molecule has 26 heavy (non-hydrogen) atoms. The number of hydrogen-bond donors (Lipinski definition) is 1. The molecule has 5 heteroatoms. The fourth-order valence-corrected chi connectivity index (χ4v) is 3.87. The molecule has 1 spiro atoms. The van der Waals surface area contributed by atoms with Crippen LogP contribution in [0.3, 0.4) is 0 Å². The summed E-state index contributed by atoms with van der Waals surface area (Å²) in [7, 11) is 0. The van der Waals surface area contributed by atoms with Crippen molar-refractivity contribution in [3.8, 4) is 11.1 Å². The number of carbonyl (C=O) groups is 2. The molecule has 134 valence electrons. The number of carboxylic acids is 1. The van der Waals surface area contributed by atoms with Crippen LogP contribution >= 0.6 is 0 Å². The van der Waals surface area contributed by atoms with Crippen molar-refractivity contribution in [3.05, 3.63) is 59.7 Å². The zero-order chi connectivity index (χ0) is 18.1. The number of aromatic carboxylic acids is 1. The van der Waals surface area contributed by atoms with Gasteiger partial charge < -0.3 is 14.7 Å². The first-order valence-electron chi connectivity index (χ1n) is 8.95. The fraction of sp³-hybridized carbons (Fsp3) is 0.333. The number of nitrogens with zero attached hydrogens (tertiary/aromatic N) is 1. The summed E-state index contributed by atoms with van der Waals surface area (Å²) in [5, 5.41) is 9.50. The average Bonchev–Trinajstić information content (AvgIpc) is 2.66. The second-order valence-electron chi connectivity index (χ2n) is 7.01. The second-order valence-corrected chi connectivity index (χ2v) is 7.01. The standard InChI is InChI=1S/C21H21NO4/c23-19(22-12-13-26-21(14-22)10-5-11-21)17-8-3-1-6-15(17)16-7-2-4-9-18(16)20(24)25/h1-4,6-9H,5,10-14H2,(H,24,25). The van der Waals surface area contributed by atoms with Crippen LogP contribution in [0, 0.1) is 0 Å². The molecule has 2 fully saturated rings. The van der Waals surface area contributed by atoms with E-state index in [0.29, 0.717) is 36.4 Å².